The summed E-state index contributed by atoms with van der Waals surface area (Å²) in [7, 11) is 0. The largest absolute Gasteiger partial charge is 0.354 e. The summed E-state index contributed by atoms with van der Waals surface area (Å²) in [5, 5.41) is 17.8. The highest BCUT2D eigenvalue weighted by atomic mass is 35.5. The van der Waals surface area contributed by atoms with E-state index in [-0.39, 0.29) is 30.0 Å². The summed E-state index contributed by atoms with van der Waals surface area (Å²) in [5.74, 6) is 0.493. The van der Waals surface area contributed by atoms with E-state index in [1.54, 1.807) is 12.1 Å². The number of nitro groups is 1. The smallest absolute Gasteiger partial charge is 0.269 e. The molecule has 9 heteroatoms. The minimum Gasteiger partial charge on any atom is -0.354 e. The highest BCUT2D eigenvalue weighted by molar-refractivity contribution is 6.31. The monoisotopic (exact) mass is 416 g/mol. The highest BCUT2D eigenvalue weighted by Crippen LogP contribution is 2.25. The predicted molar refractivity (Wildman–Crippen MR) is 107 cm³/mol. The number of halogens is 2. The van der Waals surface area contributed by atoms with Gasteiger partial charge >= 0.3 is 0 Å². The number of nitrogens with zero attached hydrogens (tertiary/aromatic N) is 2. The standard InChI is InChI=1S/C18H25ClN4O3.ClH/c19-16-6-5-15(23(25)26)9-14(16)12-22-8-2-3-13(11-22)10-21-18(24)17-4-1-7-20-17;/h5-6,9,13,17,20H,1-4,7-8,10-12H2,(H,21,24);1H. The van der Waals surface area contributed by atoms with Crippen LogP contribution in [0.4, 0.5) is 5.69 Å². The number of carbonyl (C=O) groups excluding carboxylic acids is 1. The first-order valence-corrected chi connectivity index (χ1v) is 9.57. The van der Waals surface area contributed by atoms with Crippen molar-refractivity contribution in [3.63, 3.8) is 0 Å². The minimum absolute atomic E-state index is 0. The van der Waals surface area contributed by atoms with Crippen LogP contribution < -0.4 is 10.6 Å². The number of hydrogen-bond donors (Lipinski definition) is 2. The lowest BCUT2D eigenvalue weighted by atomic mass is 9.97. The van der Waals surface area contributed by atoms with Crippen LogP contribution in [-0.2, 0) is 11.3 Å². The van der Waals surface area contributed by atoms with Crippen LogP contribution >= 0.6 is 24.0 Å². The molecule has 2 heterocycles. The lowest BCUT2D eigenvalue weighted by molar-refractivity contribution is -0.384. The fourth-order valence-corrected chi connectivity index (χ4v) is 3.95. The Hall–Kier alpha value is -1.41. The lowest BCUT2D eigenvalue weighted by Gasteiger charge is -2.33. The van der Waals surface area contributed by atoms with Gasteiger partial charge in [0, 0.05) is 36.8 Å². The van der Waals surface area contributed by atoms with Crippen LogP contribution in [0.15, 0.2) is 18.2 Å². The predicted octanol–water partition coefficient (Wildman–Crippen LogP) is 2.75. The van der Waals surface area contributed by atoms with Crippen molar-refractivity contribution in [2.75, 3.05) is 26.2 Å². The van der Waals surface area contributed by atoms with Crippen LogP contribution in [0.2, 0.25) is 5.02 Å². The molecule has 0 spiro atoms. The first-order valence-electron chi connectivity index (χ1n) is 9.19. The van der Waals surface area contributed by atoms with E-state index in [9.17, 15) is 14.9 Å². The van der Waals surface area contributed by atoms with Crippen molar-refractivity contribution in [3.8, 4) is 0 Å². The number of nitrogens with one attached hydrogen (secondary N) is 2. The topological polar surface area (TPSA) is 87.5 Å². The van der Waals surface area contributed by atoms with E-state index in [2.05, 4.69) is 15.5 Å². The Bertz CT molecular complexity index is 668. The van der Waals surface area contributed by atoms with Crippen molar-refractivity contribution < 1.29 is 9.72 Å². The van der Waals surface area contributed by atoms with Crippen molar-refractivity contribution in [3.05, 3.63) is 38.9 Å². The van der Waals surface area contributed by atoms with Crippen LogP contribution in [0.3, 0.4) is 0 Å². The number of amides is 1. The Balaban J connectivity index is 0.00000261. The Morgan fingerprint density at radius 3 is 2.89 bits per heavy atom. The van der Waals surface area contributed by atoms with Crippen molar-refractivity contribution in [2.45, 2.75) is 38.3 Å². The van der Waals surface area contributed by atoms with E-state index in [0.717, 1.165) is 50.9 Å². The van der Waals surface area contributed by atoms with Gasteiger partial charge in [0.15, 0.2) is 0 Å². The van der Waals surface area contributed by atoms with Gasteiger partial charge < -0.3 is 10.6 Å². The second kappa shape index (κ2) is 10.2. The van der Waals surface area contributed by atoms with Gasteiger partial charge in [-0.15, -0.1) is 12.4 Å². The van der Waals surface area contributed by atoms with Gasteiger partial charge in [-0.3, -0.25) is 19.8 Å². The average Bonchev–Trinajstić information content (AvgIpc) is 3.16. The number of piperidine rings is 1. The third-order valence-electron chi connectivity index (χ3n) is 5.18. The van der Waals surface area contributed by atoms with Gasteiger partial charge in [0.2, 0.25) is 5.91 Å². The number of benzene rings is 1. The van der Waals surface area contributed by atoms with E-state index >= 15 is 0 Å². The first kappa shape index (κ1) is 21.9. The normalized spacial score (nSPS) is 22.9. The maximum atomic E-state index is 12.1. The lowest BCUT2D eigenvalue weighted by Crippen LogP contribution is -2.45. The number of hydrogen-bond acceptors (Lipinski definition) is 5. The second-order valence-corrected chi connectivity index (χ2v) is 7.58. The zero-order valence-corrected chi connectivity index (χ0v) is 16.7. The molecule has 2 aliphatic rings. The SMILES string of the molecule is Cl.O=C(NCC1CCCN(Cc2cc([N+](=O)[O-])ccc2Cl)C1)C1CCCN1. The van der Waals surface area contributed by atoms with Crippen molar-refractivity contribution in [1.82, 2.24) is 15.5 Å². The third kappa shape index (κ3) is 6.04. The summed E-state index contributed by atoms with van der Waals surface area (Å²) >= 11 is 6.22. The summed E-state index contributed by atoms with van der Waals surface area (Å²) < 4.78 is 0. The second-order valence-electron chi connectivity index (χ2n) is 7.17. The molecule has 1 aromatic rings. The Morgan fingerprint density at radius 2 is 2.19 bits per heavy atom. The molecule has 7 nitrogen and oxygen atoms in total. The molecule has 150 valence electrons. The van der Waals surface area contributed by atoms with Gasteiger partial charge in [-0.2, -0.15) is 0 Å². The third-order valence-corrected chi connectivity index (χ3v) is 5.55. The molecule has 2 N–H and O–H groups in total. The molecule has 2 saturated heterocycles. The Labute approximate surface area is 170 Å². The fraction of sp³-hybridized carbons (Fsp3) is 0.611. The van der Waals surface area contributed by atoms with Crippen molar-refractivity contribution >= 4 is 35.6 Å². The molecule has 27 heavy (non-hydrogen) atoms. The first-order chi connectivity index (χ1) is 12.5. The molecule has 1 amide bonds. The average molecular weight is 417 g/mol. The van der Waals surface area contributed by atoms with E-state index in [4.69, 9.17) is 11.6 Å². The molecule has 2 aliphatic heterocycles. The number of carbonyl (C=O) groups is 1. The molecule has 2 atom stereocenters. The van der Waals surface area contributed by atoms with E-state index < -0.39 is 4.92 Å². The van der Waals surface area contributed by atoms with Crippen LogP contribution in [0.1, 0.15) is 31.2 Å². The summed E-state index contributed by atoms with van der Waals surface area (Å²) in [5.41, 5.74) is 0.843. The molecule has 0 saturated carbocycles. The van der Waals surface area contributed by atoms with E-state index in [1.807, 2.05) is 0 Å². The summed E-state index contributed by atoms with van der Waals surface area (Å²) in [6.07, 6.45) is 4.10. The highest BCUT2D eigenvalue weighted by Gasteiger charge is 2.25. The van der Waals surface area contributed by atoms with Gasteiger partial charge in [0.05, 0.1) is 11.0 Å². The fourth-order valence-electron chi connectivity index (χ4n) is 3.77. The molecule has 1 aromatic carbocycles. The summed E-state index contributed by atoms with van der Waals surface area (Å²) in [6, 6.07) is 4.53. The molecular formula is C18H26Cl2N4O3. The van der Waals surface area contributed by atoms with Crippen molar-refractivity contribution in [2.24, 2.45) is 5.92 Å². The summed E-state index contributed by atoms with van der Waals surface area (Å²) in [6.45, 7) is 3.98. The molecule has 3 rings (SSSR count). The van der Waals surface area contributed by atoms with Crippen LogP contribution in [0.5, 0.6) is 0 Å². The Morgan fingerprint density at radius 1 is 1.37 bits per heavy atom. The van der Waals surface area contributed by atoms with E-state index in [0.29, 0.717) is 24.0 Å². The van der Waals surface area contributed by atoms with Gasteiger partial charge in [0.25, 0.3) is 5.69 Å². The molecule has 0 bridgehead atoms. The van der Waals surface area contributed by atoms with Gasteiger partial charge in [-0.25, -0.2) is 0 Å². The molecule has 2 fully saturated rings. The van der Waals surface area contributed by atoms with Crippen LogP contribution in [0.25, 0.3) is 0 Å². The quantitative estimate of drug-likeness (QED) is 0.549. The summed E-state index contributed by atoms with van der Waals surface area (Å²) in [4.78, 5) is 25.0. The van der Waals surface area contributed by atoms with Gasteiger partial charge in [0.1, 0.15) is 0 Å². The van der Waals surface area contributed by atoms with Gasteiger partial charge in [-0.05, 0) is 56.3 Å². The zero-order valence-electron chi connectivity index (χ0n) is 15.2. The molecule has 0 aromatic heterocycles. The molecular weight excluding hydrogens is 391 g/mol. The number of non-ortho nitro benzene ring substituents is 1. The molecule has 0 aliphatic carbocycles. The van der Waals surface area contributed by atoms with E-state index in [1.165, 1.54) is 6.07 Å². The van der Waals surface area contributed by atoms with Crippen LogP contribution in [-0.4, -0.2) is 48.0 Å². The Kier molecular flexibility index (Phi) is 8.28. The number of likely N-dealkylation sites (tertiary alicyclic amines) is 1. The number of nitro benzene ring substituents is 1. The van der Waals surface area contributed by atoms with Gasteiger partial charge in [-0.1, -0.05) is 11.6 Å². The zero-order chi connectivity index (χ0) is 18.5. The van der Waals surface area contributed by atoms with Crippen molar-refractivity contribution in [1.29, 1.82) is 0 Å². The maximum Gasteiger partial charge on any atom is 0.269 e. The number of rotatable bonds is 6. The molecule has 2 unspecified atom stereocenters. The maximum absolute atomic E-state index is 12.1. The van der Waals surface area contributed by atoms with Crippen LogP contribution in [0, 0.1) is 16.0 Å². The molecule has 0 radical (unpaired) electrons. The minimum atomic E-state index is -0.397.